The zero-order valence-electron chi connectivity index (χ0n) is 20.3. The summed E-state index contributed by atoms with van der Waals surface area (Å²) in [6, 6.07) is 26.8. The summed E-state index contributed by atoms with van der Waals surface area (Å²) in [5.41, 5.74) is 6.34. The number of rotatable bonds is 8. The number of nitrogens with zero attached hydrogens (tertiary/aromatic N) is 5. The molecule has 5 rings (SSSR count). The van der Waals surface area contributed by atoms with Gasteiger partial charge in [0.05, 0.1) is 24.8 Å². The van der Waals surface area contributed by atoms with Crippen LogP contribution in [-0.4, -0.2) is 33.6 Å². The second-order valence-electron chi connectivity index (χ2n) is 8.26. The third kappa shape index (κ3) is 5.37. The maximum atomic E-state index is 5.34. The first-order valence-corrected chi connectivity index (χ1v) is 12.6. The average Bonchev–Trinajstić information content (AvgIpc) is 3.60. The number of methoxy groups -OCH3 is 1. The molecule has 6 nitrogen and oxygen atoms in total. The number of benzene rings is 3. The average molecular weight is 494 g/mol. The van der Waals surface area contributed by atoms with E-state index in [1.54, 1.807) is 31.0 Å². The zero-order valence-corrected chi connectivity index (χ0v) is 21.1. The van der Waals surface area contributed by atoms with Gasteiger partial charge in [-0.25, -0.2) is 9.66 Å². The molecule has 0 saturated heterocycles. The highest BCUT2D eigenvalue weighted by molar-refractivity contribution is 7.07. The fourth-order valence-electron chi connectivity index (χ4n) is 3.88. The van der Waals surface area contributed by atoms with Gasteiger partial charge in [-0.15, -0.1) is 11.3 Å². The quantitative estimate of drug-likeness (QED) is 0.256. The van der Waals surface area contributed by atoms with E-state index in [2.05, 4.69) is 71.0 Å². The number of ether oxygens (including phenoxy) is 1. The molecule has 0 atom stereocenters. The summed E-state index contributed by atoms with van der Waals surface area (Å²) in [7, 11) is 1.68. The highest BCUT2D eigenvalue weighted by atomic mass is 32.1. The normalized spacial score (nSPS) is 12.2. The lowest BCUT2D eigenvalue weighted by Crippen LogP contribution is -2.15. The van der Waals surface area contributed by atoms with Crippen LogP contribution in [0.4, 0.5) is 0 Å². The van der Waals surface area contributed by atoms with E-state index in [-0.39, 0.29) is 0 Å². The molecule has 0 spiro atoms. The number of aromatic nitrogens is 3. The van der Waals surface area contributed by atoms with Gasteiger partial charge in [0.2, 0.25) is 4.80 Å². The Labute approximate surface area is 214 Å². The molecule has 0 unspecified atom stereocenters. The fraction of sp³-hybridized carbons (Fsp3) is 0.138. The minimum absolute atomic E-state index is 0.695. The summed E-state index contributed by atoms with van der Waals surface area (Å²) < 4.78 is 9.28. The van der Waals surface area contributed by atoms with Gasteiger partial charge in [0.15, 0.2) is 0 Å². The Morgan fingerprint density at radius 3 is 2.44 bits per heavy atom. The van der Waals surface area contributed by atoms with Gasteiger partial charge in [-0.1, -0.05) is 42.5 Å². The van der Waals surface area contributed by atoms with Crippen molar-refractivity contribution >= 4 is 17.0 Å². The number of hydrogen-bond acceptors (Lipinski definition) is 5. The molecule has 5 aromatic rings. The molecule has 0 bridgehead atoms. The molecule has 36 heavy (non-hydrogen) atoms. The monoisotopic (exact) mass is 493 g/mol. The van der Waals surface area contributed by atoms with E-state index in [1.807, 2.05) is 40.6 Å². The summed E-state index contributed by atoms with van der Waals surface area (Å²) in [5, 5.41) is 7.14. The van der Waals surface area contributed by atoms with Gasteiger partial charge in [0.25, 0.3) is 0 Å². The van der Waals surface area contributed by atoms with E-state index in [0.29, 0.717) is 6.54 Å². The molecular weight excluding hydrogens is 466 g/mol. The van der Waals surface area contributed by atoms with Crippen molar-refractivity contribution in [2.75, 3.05) is 13.7 Å². The standard InChI is InChI=1S/C29H27N5OS/c1-22(24-8-12-26(13-9-24)33-19-18-30-21-33)32-34-28(25-10-14-27(35-2)15-11-25)20-36-29(34)31-17-16-23-6-4-3-5-7-23/h3-15,18-21H,16-17H2,1-2H3. The van der Waals surface area contributed by atoms with E-state index < -0.39 is 0 Å². The smallest absolute Gasteiger partial charge is 0.206 e. The van der Waals surface area contributed by atoms with E-state index in [1.165, 1.54) is 5.56 Å². The van der Waals surface area contributed by atoms with Crippen LogP contribution in [0.1, 0.15) is 18.1 Å². The van der Waals surface area contributed by atoms with E-state index >= 15 is 0 Å². The Bertz CT molecular complexity index is 1500. The predicted molar refractivity (Wildman–Crippen MR) is 146 cm³/mol. The van der Waals surface area contributed by atoms with Gasteiger partial charge < -0.3 is 9.30 Å². The lowest BCUT2D eigenvalue weighted by Gasteiger charge is -2.08. The Kier molecular flexibility index (Phi) is 7.19. The molecule has 0 aliphatic rings. The molecule has 0 amide bonds. The van der Waals surface area contributed by atoms with Crippen LogP contribution in [0.25, 0.3) is 16.9 Å². The Balaban J connectivity index is 1.49. The van der Waals surface area contributed by atoms with Crippen molar-refractivity contribution in [2.24, 2.45) is 10.1 Å². The molecule has 0 radical (unpaired) electrons. The van der Waals surface area contributed by atoms with Crippen LogP contribution in [0.5, 0.6) is 5.75 Å². The SMILES string of the molecule is COc1ccc(-c2csc(=NCCc3ccccc3)n2N=C(C)c2ccc(-n3ccnc3)cc2)cc1. The van der Waals surface area contributed by atoms with Crippen molar-refractivity contribution in [3.63, 3.8) is 0 Å². The van der Waals surface area contributed by atoms with E-state index in [4.69, 9.17) is 14.8 Å². The molecule has 3 aromatic carbocycles. The van der Waals surface area contributed by atoms with Crippen molar-refractivity contribution < 1.29 is 4.74 Å². The maximum Gasteiger partial charge on any atom is 0.206 e. The predicted octanol–water partition coefficient (Wildman–Crippen LogP) is 5.83. The third-order valence-electron chi connectivity index (χ3n) is 5.90. The first-order chi connectivity index (χ1) is 17.7. The molecule has 0 fully saturated rings. The lowest BCUT2D eigenvalue weighted by atomic mass is 10.1. The van der Waals surface area contributed by atoms with Crippen LogP contribution >= 0.6 is 11.3 Å². The first-order valence-electron chi connectivity index (χ1n) is 11.7. The van der Waals surface area contributed by atoms with Crippen molar-refractivity contribution in [3.05, 3.63) is 119 Å². The highest BCUT2D eigenvalue weighted by Crippen LogP contribution is 2.23. The summed E-state index contributed by atoms with van der Waals surface area (Å²) in [5.74, 6) is 0.825. The molecular formula is C29H27N5OS. The third-order valence-corrected chi connectivity index (χ3v) is 6.75. The Morgan fingerprint density at radius 1 is 0.972 bits per heavy atom. The minimum Gasteiger partial charge on any atom is -0.497 e. The van der Waals surface area contributed by atoms with Gasteiger partial charge in [-0.2, -0.15) is 5.10 Å². The van der Waals surface area contributed by atoms with Crippen molar-refractivity contribution in [1.29, 1.82) is 0 Å². The van der Waals surface area contributed by atoms with E-state index in [9.17, 15) is 0 Å². The topological polar surface area (TPSA) is 56.7 Å². The summed E-state index contributed by atoms with van der Waals surface area (Å²) in [4.78, 5) is 9.91. The van der Waals surface area contributed by atoms with Crippen LogP contribution in [0.15, 0.2) is 113 Å². The van der Waals surface area contributed by atoms with Gasteiger partial charge in [0, 0.05) is 35.6 Å². The molecule has 2 heterocycles. The van der Waals surface area contributed by atoms with Gasteiger partial charge >= 0.3 is 0 Å². The molecule has 0 aliphatic heterocycles. The first kappa shape index (κ1) is 23.5. The van der Waals surface area contributed by atoms with Crippen LogP contribution < -0.4 is 9.54 Å². The van der Waals surface area contributed by atoms with Crippen molar-refractivity contribution in [2.45, 2.75) is 13.3 Å². The molecule has 0 N–H and O–H groups in total. The van der Waals surface area contributed by atoms with Gasteiger partial charge in [-0.05, 0) is 60.9 Å². The van der Waals surface area contributed by atoms with Crippen molar-refractivity contribution in [3.8, 4) is 22.7 Å². The summed E-state index contributed by atoms with van der Waals surface area (Å²) >= 11 is 1.60. The second-order valence-corrected chi connectivity index (χ2v) is 9.10. The Hall–Kier alpha value is -4.23. The zero-order chi connectivity index (χ0) is 24.7. The largest absolute Gasteiger partial charge is 0.497 e. The number of hydrogen-bond donors (Lipinski definition) is 0. The van der Waals surface area contributed by atoms with Crippen LogP contribution in [-0.2, 0) is 6.42 Å². The van der Waals surface area contributed by atoms with Gasteiger partial charge in [0.1, 0.15) is 5.75 Å². The molecule has 0 saturated carbocycles. The van der Waals surface area contributed by atoms with Gasteiger partial charge in [-0.3, -0.25) is 4.99 Å². The second kappa shape index (κ2) is 11.0. The van der Waals surface area contributed by atoms with Crippen LogP contribution in [0, 0.1) is 0 Å². The summed E-state index contributed by atoms with van der Waals surface area (Å²) in [6.45, 7) is 2.73. The fourth-order valence-corrected chi connectivity index (χ4v) is 4.74. The van der Waals surface area contributed by atoms with Crippen molar-refractivity contribution in [1.82, 2.24) is 14.2 Å². The minimum atomic E-state index is 0.695. The molecule has 180 valence electrons. The van der Waals surface area contributed by atoms with E-state index in [0.717, 1.165) is 45.2 Å². The number of imidazole rings is 1. The maximum absolute atomic E-state index is 5.34. The summed E-state index contributed by atoms with van der Waals surface area (Å²) in [6.07, 6.45) is 6.38. The number of thiazole rings is 1. The highest BCUT2D eigenvalue weighted by Gasteiger charge is 2.10. The Morgan fingerprint density at radius 2 is 1.75 bits per heavy atom. The lowest BCUT2D eigenvalue weighted by molar-refractivity contribution is 0.415. The molecule has 2 aromatic heterocycles. The van der Waals surface area contributed by atoms with Crippen LogP contribution in [0.3, 0.4) is 0 Å². The molecule has 0 aliphatic carbocycles. The van der Waals surface area contributed by atoms with Crippen LogP contribution in [0.2, 0.25) is 0 Å². The molecule has 7 heteroatoms.